The number of benzene rings is 1. The second kappa shape index (κ2) is 10.3. The number of allylic oxidation sites excluding steroid dienone is 4. The summed E-state index contributed by atoms with van der Waals surface area (Å²) in [6.07, 6.45) is 0.676. The molecule has 0 bridgehead atoms. The Bertz CT molecular complexity index is 1070. The Balaban J connectivity index is 1.85. The number of thioether (sulfide) groups is 1. The summed E-state index contributed by atoms with van der Waals surface area (Å²) in [5.74, 6) is 0.648. The molecule has 1 heterocycles. The number of sulfonamides is 1. The molecule has 0 saturated carbocycles. The molecular formula is C23H29F3N2O3S3. The van der Waals surface area contributed by atoms with Gasteiger partial charge >= 0.3 is 6.18 Å². The number of rotatable bonds is 7. The normalized spacial score (nSPS) is 22.1. The van der Waals surface area contributed by atoms with Crippen molar-refractivity contribution in [1.29, 1.82) is 0 Å². The van der Waals surface area contributed by atoms with Crippen LogP contribution in [0.5, 0.6) is 0 Å². The summed E-state index contributed by atoms with van der Waals surface area (Å²) in [5.41, 5.74) is -2.52. The summed E-state index contributed by atoms with van der Waals surface area (Å²) in [4.78, 5) is 2.58. The van der Waals surface area contributed by atoms with Crippen LogP contribution < -0.4 is 4.90 Å². The van der Waals surface area contributed by atoms with E-state index in [1.807, 2.05) is 11.0 Å². The predicted molar refractivity (Wildman–Crippen MR) is 136 cm³/mol. The van der Waals surface area contributed by atoms with Crippen molar-refractivity contribution in [1.82, 2.24) is 4.31 Å². The molecule has 1 unspecified atom stereocenters. The van der Waals surface area contributed by atoms with Crippen LogP contribution in [0.3, 0.4) is 0 Å². The van der Waals surface area contributed by atoms with Crippen molar-refractivity contribution >= 4 is 44.6 Å². The fraction of sp³-hybridized carbons (Fsp3) is 0.522. The lowest BCUT2D eigenvalue weighted by Crippen LogP contribution is -2.56. The van der Waals surface area contributed by atoms with E-state index in [9.17, 15) is 26.7 Å². The molecule has 34 heavy (non-hydrogen) atoms. The van der Waals surface area contributed by atoms with Crippen LogP contribution >= 0.6 is 24.0 Å². The van der Waals surface area contributed by atoms with E-state index in [0.29, 0.717) is 34.5 Å². The van der Waals surface area contributed by atoms with Crippen LogP contribution in [0.4, 0.5) is 18.9 Å². The number of nitrogens with zero attached hydrogens (tertiary/aromatic N) is 2. The lowest BCUT2D eigenvalue weighted by Gasteiger charge is -2.42. The maximum Gasteiger partial charge on any atom is 0.421 e. The van der Waals surface area contributed by atoms with Gasteiger partial charge in [0, 0.05) is 42.4 Å². The molecule has 0 spiro atoms. The van der Waals surface area contributed by atoms with Gasteiger partial charge < -0.3 is 10.0 Å². The SMILES string of the molecule is CC(C)SC[C@H]1CN(S(=O)(=O)C2=CC=CCC2=S)CCN1c1ccc(C(C)(O)C(F)(F)F)cc1. The monoisotopic (exact) mass is 534 g/mol. The van der Waals surface area contributed by atoms with E-state index in [-0.39, 0.29) is 29.6 Å². The molecule has 1 aliphatic heterocycles. The highest BCUT2D eigenvalue weighted by atomic mass is 32.2. The molecule has 11 heteroatoms. The highest BCUT2D eigenvalue weighted by Crippen LogP contribution is 2.39. The van der Waals surface area contributed by atoms with Crippen LogP contribution in [0.1, 0.15) is 32.8 Å². The smallest absolute Gasteiger partial charge is 0.376 e. The number of alkyl halides is 3. The highest BCUT2D eigenvalue weighted by molar-refractivity contribution is 7.99. The van der Waals surface area contributed by atoms with Gasteiger partial charge in [0.1, 0.15) is 0 Å². The van der Waals surface area contributed by atoms with Crippen molar-refractivity contribution in [3.05, 3.63) is 53.0 Å². The zero-order valence-corrected chi connectivity index (χ0v) is 21.7. The van der Waals surface area contributed by atoms with Gasteiger partial charge in [0.05, 0.1) is 10.9 Å². The Morgan fingerprint density at radius 2 is 1.85 bits per heavy atom. The van der Waals surface area contributed by atoms with Gasteiger partial charge in [-0.3, -0.25) is 0 Å². The minimum absolute atomic E-state index is 0.160. The van der Waals surface area contributed by atoms with Crippen molar-refractivity contribution < 1.29 is 26.7 Å². The molecule has 1 saturated heterocycles. The zero-order valence-electron chi connectivity index (χ0n) is 19.2. The number of aliphatic hydroxyl groups is 1. The molecule has 5 nitrogen and oxygen atoms in total. The quantitative estimate of drug-likeness (QED) is 0.515. The fourth-order valence-electron chi connectivity index (χ4n) is 3.87. The van der Waals surface area contributed by atoms with E-state index in [4.69, 9.17) is 12.2 Å². The number of thiocarbonyl (C=S) groups is 1. The summed E-state index contributed by atoms with van der Waals surface area (Å²) in [7, 11) is -3.75. The fourth-order valence-corrected chi connectivity index (χ4v) is 6.83. The summed E-state index contributed by atoms with van der Waals surface area (Å²) in [5, 5.41) is 10.3. The van der Waals surface area contributed by atoms with Gasteiger partial charge in [-0.2, -0.15) is 29.2 Å². The summed E-state index contributed by atoms with van der Waals surface area (Å²) >= 11 is 6.98. The van der Waals surface area contributed by atoms with Crippen molar-refractivity contribution in [3.8, 4) is 0 Å². The predicted octanol–water partition coefficient (Wildman–Crippen LogP) is 4.63. The van der Waals surface area contributed by atoms with Crippen LogP contribution in [0, 0.1) is 0 Å². The minimum atomic E-state index is -4.80. The maximum atomic E-state index is 13.3. The average Bonchev–Trinajstić information content (AvgIpc) is 2.77. The van der Waals surface area contributed by atoms with Crippen molar-refractivity contribution in [3.63, 3.8) is 0 Å². The second-order valence-corrected chi connectivity index (χ2v) is 12.8. The Hall–Kier alpha value is -1.40. The maximum absolute atomic E-state index is 13.3. The molecule has 0 aromatic heterocycles. The second-order valence-electron chi connectivity index (χ2n) is 8.80. The largest absolute Gasteiger partial charge is 0.421 e. The van der Waals surface area contributed by atoms with E-state index in [0.717, 1.165) is 6.92 Å². The van der Waals surface area contributed by atoms with Gasteiger partial charge in [-0.1, -0.05) is 50.4 Å². The first kappa shape index (κ1) is 27.2. The Morgan fingerprint density at radius 1 is 1.21 bits per heavy atom. The third-order valence-electron chi connectivity index (χ3n) is 5.96. The summed E-state index contributed by atoms with van der Waals surface area (Å²) < 4.78 is 67.7. The molecule has 2 aliphatic rings. The molecule has 0 amide bonds. The van der Waals surface area contributed by atoms with Gasteiger partial charge in [-0.15, -0.1) is 0 Å². The molecule has 3 rings (SSSR count). The van der Waals surface area contributed by atoms with E-state index in [1.54, 1.807) is 30.0 Å². The number of piperazine rings is 1. The molecule has 188 valence electrons. The number of hydrogen-bond acceptors (Lipinski definition) is 6. The standard InChI is InChI=1S/C23H29F3N2O3S3/c1-16(2)33-15-19-14-27(34(30,31)21-7-5-4-6-20(21)32)12-13-28(19)18-10-8-17(9-11-18)22(3,29)23(24,25)26/h4-5,7-11,16,19,29H,6,12-15H2,1-3H3/t19-,22?/m1/s1. The van der Waals surface area contributed by atoms with Crippen LogP contribution in [-0.2, 0) is 15.6 Å². The van der Waals surface area contributed by atoms with Crippen LogP contribution in [-0.4, -0.2) is 65.5 Å². The van der Waals surface area contributed by atoms with Gasteiger partial charge in [0.25, 0.3) is 0 Å². The molecule has 0 radical (unpaired) electrons. The topological polar surface area (TPSA) is 60.9 Å². The number of hydrogen-bond donors (Lipinski definition) is 1. The Kier molecular flexibility index (Phi) is 8.24. The first-order chi connectivity index (χ1) is 15.7. The Morgan fingerprint density at radius 3 is 2.41 bits per heavy atom. The first-order valence-corrected chi connectivity index (χ1v) is 13.8. The number of anilines is 1. The van der Waals surface area contributed by atoms with Gasteiger partial charge in [0.2, 0.25) is 10.0 Å². The van der Waals surface area contributed by atoms with Gasteiger partial charge in [-0.25, -0.2) is 8.42 Å². The molecular weight excluding hydrogens is 505 g/mol. The van der Waals surface area contributed by atoms with Gasteiger partial charge in [-0.05, 0) is 35.9 Å². The molecule has 2 atom stereocenters. The molecule has 1 fully saturated rings. The van der Waals surface area contributed by atoms with Crippen LogP contribution in [0.25, 0.3) is 0 Å². The van der Waals surface area contributed by atoms with Gasteiger partial charge in [0.15, 0.2) is 5.60 Å². The lowest BCUT2D eigenvalue weighted by atomic mass is 9.95. The lowest BCUT2D eigenvalue weighted by molar-refractivity contribution is -0.258. The Labute approximate surface area is 208 Å². The van der Waals surface area contributed by atoms with E-state index in [2.05, 4.69) is 13.8 Å². The molecule has 1 aromatic rings. The van der Waals surface area contributed by atoms with E-state index in [1.165, 1.54) is 22.5 Å². The van der Waals surface area contributed by atoms with E-state index >= 15 is 0 Å². The number of halogens is 3. The van der Waals surface area contributed by atoms with Crippen LogP contribution in [0.2, 0.25) is 0 Å². The summed E-state index contributed by atoms with van der Waals surface area (Å²) in [6.45, 7) is 5.70. The third kappa shape index (κ3) is 5.70. The third-order valence-corrected chi connectivity index (χ3v) is 9.67. The van der Waals surface area contributed by atoms with Crippen molar-refractivity contribution in [2.24, 2.45) is 0 Å². The molecule has 1 aliphatic carbocycles. The van der Waals surface area contributed by atoms with Crippen LogP contribution in [0.15, 0.2) is 47.4 Å². The van der Waals surface area contributed by atoms with Crippen molar-refractivity contribution in [2.75, 3.05) is 30.3 Å². The van der Waals surface area contributed by atoms with E-state index < -0.39 is 21.8 Å². The summed E-state index contributed by atoms with van der Waals surface area (Å²) in [6, 6.07) is 5.47. The van der Waals surface area contributed by atoms with Crippen molar-refractivity contribution in [2.45, 2.75) is 50.3 Å². The minimum Gasteiger partial charge on any atom is -0.376 e. The zero-order chi connectivity index (χ0) is 25.3. The average molecular weight is 535 g/mol. The first-order valence-electron chi connectivity index (χ1n) is 10.9. The highest BCUT2D eigenvalue weighted by Gasteiger charge is 2.51. The molecule has 1 N–H and O–H groups in total. The molecule has 1 aromatic carbocycles.